The van der Waals surface area contributed by atoms with Gasteiger partial charge in [-0.1, -0.05) is 272 Å². The lowest BCUT2D eigenvalue weighted by atomic mass is 10.0. The van der Waals surface area contributed by atoms with Crippen molar-refractivity contribution in [3.05, 3.63) is 97.2 Å². The number of allylic oxidation sites excluding steroid dienone is 16. The highest BCUT2D eigenvalue weighted by Crippen LogP contribution is 2.16. The van der Waals surface area contributed by atoms with Crippen molar-refractivity contribution in [1.29, 1.82) is 0 Å². The van der Waals surface area contributed by atoms with E-state index < -0.39 is 6.10 Å². The van der Waals surface area contributed by atoms with E-state index in [9.17, 15) is 14.4 Å². The summed E-state index contributed by atoms with van der Waals surface area (Å²) in [4.78, 5) is 38.3. The van der Waals surface area contributed by atoms with Crippen LogP contribution >= 0.6 is 0 Å². The van der Waals surface area contributed by atoms with Crippen LogP contribution in [0.4, 0.5) is 0 Å². The Labute approximate surface area is 457 Å². The van der Waals surface area contributed by atoms with E-state index in [1.807, 2.05) is 0 Å². The van der Waals surface area contributed by atoms with Crippen molar-refractivity contribution in [2.24, 2.45) is 0 Å². The van der Waals surface area contributed by atoms with Gasteiger partial charge in [-0.25, -0.2) is 0 Å². The molecule has 0 rings (SSSR count). The van der Waals surface area contributed by atoms with Crippen LogP contribution in [0.5, 0.6) is 0 Å². The molecule has 0 bridgehead atoms. The zero-order valence-corrected chi connectivity index (χ0v) is 48.6. The van der Waals surface area contributed by atoms with Gasteiger partial charge in [0.05, 0.1) is 0 Å². The van der Waals surface area contributed by atoms with E-state index in [2.05, 4.69) is 118 Å². The summed E-state index contributed by atoms with van der Waals surface area (Å²) in [6.45, 7) is 6.50. The maximum Gasteiger partial charge on any atom is 0.306 e. The van der Waals surface area contributed by atoms with E-state index in [1.165, 1.54) is 141 Å². The van der Waals surface area contributed by atoms with Crippen molar-refractivity contribution in [3.8, 4) is 0 Å². The molecule has 6 heteroatoms. The van der Waals surface area contributed by atoms with Crippen molar-refractivity contribution in [3.63, 3.8) is 0 Å². The quantitative estimate of drug-likeness (QED) is 0.0261. The third kappa shape index (κ3) is 59.2. The number of ether oxygens (including phenoxy) is 3. The number of carbonyl (C=O) groups is 3. The van der Waals surface area contributed by atoms with Gasteiger partial charge in [-0.15, -0.1) is 0 Å². The zero-order valence-electron chi connectivity index (χ0n) is 48.6. The van der Waals surface area contributed by atoms with Crippen LogP contribution in [-0.2, 0) is 28.6 Å². The molecule has 0 aliphatic carbocycles. The van der Waals surface area contributed by atoms with Gasteiger partial charge in [0.1, 0.15) is 13.2 Å². The van der Waals surface area contributed by atoms with Crippen LogP contribution in [0.1, 0.15) is 297 Å². The lowest BCUT2D eigenvalue weighted by Gasteiger charge is -2.18. The molecule has 0 aromatic rings. The van der Waals surface area contributed by atoms with Gasteiger partial charge in [0.2, 0.25) is 0 Å². The van der Waals surface area contributed by atoms with E-state index in [1.54, 1.807) is 0 Å². The second-order valence-corrected chi connectivity index (χ2v) is 20.6. The number of rotatable bonds is 56. The van der Waals surface area contributed by atoms with Crippen molar-refractivity contribution >= 4 is 17.9 Å². The minimum Gasteiger partial charge on any atom is -0.462 e. The molecule has 0 aliphatic rings. The van der Waals surface area contributed by atoms with Crippen LogP contribution in [0.15, 0.2) is 97.2 Å². The highest BCUT2D eigenvalue weighted by Gasteiger charge is 2.19. The first-order chi connectivity index (χ1) is 36.5. The molecular weight excluding hydrogens is 913 g/mol. The summed E-state index contributed by atoms with van der Waals surface area (Å²) in [5.74, 6) is -0.923. The SMILES string of the molecule is CC/C=C\C/C=C\C/C=C\C/C=C\C/C=C\CCCCCC(=O)OC(COC(=O)CCCCCCCCCC/C=C\C/C=C\C/C=C\CCCCCCC)COC(=O)CCCCCCCCCCCCCCCC. The minimum atomic E-state index is -0.799. The molecule has 0 aromatic heterocycles. The molecule has 0 aromatic carbocycles. The van der Waals surface area contributed by atoms with Crippen molar-refractivity contribution in [2.45, 2.75) is 303 Å². The number of carbonyl (C=O) groups excluding carboxylic acids is 3. The minimum absolute atomic E-state index is 0.0917. The molecule has 6 nitrogen and oxygen atoms in total. The maximum absolute atomic E-state index is 12.9. The van der Waals surface area contributed by atoms with E-state index >= 15 is 0 Å². The van der Waals surface area contributed by atoms with Crippen molar-refractivity contribution in [1.82, 2.24) is 0 Å². The smallest absolute Gasteiger partial charge is 0.306 e. The molecule has 424 valence electrons. The summed E-state index contributed by atoms with van der Waals surface area (Å²) in [6.07, 6.45) is 82.6. The zero-order chi connectivity index (χ0) is 53.6. The number of hydrogen-bond acceptors (Lipinski definition) is 6. The Kier molecular flexibility index (Phi) is 58.8. The second-order valence-electron chi connectivity index (χ2n) is 20.6. The first-order valence-electron chi connectivity index (χ1n) is 31.2. The molecule has 0 saturated carbocycles. The monoisotopic (exact) mass is 1030 g/mol. The van der Waals surface area contributed by atoms with E-state index in [4.69, 9.17) is 14.2 Å². The summed E-state index contributed by atoms with van der Waals surface area (Å²) in [6, 6.07) is 0. The van der Waals surface area contributed by atoms with E-state index in [-0.39, 0.29) is 37.5 Å². The van der Waals surface area contributed by atoms with Gasteiger partial charge in [-0.2, -0.15) is 0 Å². The van der Waals surface area contributed by atoms with Gasteiger partial charge in [0.25, 0.3) is 0 Å². The molecule has 74 heavy (non-hydrogen) atoms. The average Bonchev–Trinajstić information content (AvgIpc) is 3.40. The topological polar surface area (TPSA) is 78.9 Å². The fourth-order valence-electron chi connectivity index (χ4n) is 8.65. The number of esters is 3. The molecule has 0 spiro atoms. The molecular formula is C68H116O6. The lowest BCUT2D eigenvalue weighted by molar-refractivity contribution is -0.167. The summed E-state index contributed by atoms with van der Waals surface area (Å²) in [5, 5.41) is 0. The molecule has 0 fully saturated rings. The van der Waals surface area contributed by atoms with Crippen molar-refractivity contribution < 1.29 is 28.6 Å². The summed E-state index contributed by atoms with van der Waals surface area (Å²) in [7, 11) is 0. The van der Waals surface area contributed by atoms with Crippen LogP contribution < -0.4 is 0 Å². The predicted octanol–water partition coefficient (Wildman–Crippen LogP) is 21.3. The van der Waals surface area contributed by atoms with Crippen LogP contribution in [0, 0.1) is 0 Å². The Morgan fingerprint density at radius 2 is 0.527 bits per heavy atom. The molecule has 0 N–H and O–H groups in total. The third-order valence-electron chi connectivity index (χ3n) is 13.3. The molecule has 1 unspecified atom stereocenters. The van der Waals surface area contributed by atoms with Crippen molar-refractivity contribution in [2.75, 3.05) is 13.2 Å². The molecule has 0 heterocycles. The predicted molar refractivity (Wildman–Crippen MR) is 320 cm³/mol. The normalized spacial score (nSPS) is 12.7. The van der Waals surface area contributed by atoms with Gasteiger partial charge in [0, 0.05) is 19.3 Å². The summed E-state index contributed by atoms with van der Waals surface area (Å²) < 4.78 is 16.9. The standard InChI is InChI=1S/C68H116O6/c1-4-7-10-13-16-19-22-25-28-30-32-33-34-35-37-38-40-43-46-49-52-55-58-61-67(70)73-64-65(63-72-66(69)60-57-54-51-48-45-42-27-24-21-18-15-12-9-6-3)74-68(71)62-59-56-53-50-47-44-41-39-36-31-29-26-23-20-17-14-11-8-5-2/h8,11,17,20,22,25-26,29-30,32,34-36,39,44,47,65H,4-7,9-10,12-16,18-19,21,23-24,27-28,31,33,37-38,40-43,45-46,48-64H2,1-3H3/b11-8-,20-17-,25-22-,29-26-,32-30-,35-34-,39-36-,47-44-. The fraction of sp³-hybridized carbons (Fsp3) is 0.721. The van der Waals surface area contributed by atoms with E-state index in [0.29, 0.717) is 12.8 Å². The Balaban J connectivity index is 4.42. The second kappa shape index (κ2) is 61.9. The molecule has 0 radical (unpaired) electrons. The Bertz CT molecular complexity index is 1460. The first kappa shape index (κ1) is 70.3. The van der Waals surface area contributed by atoms with Gasteiger partial charge in [-0.05, 0) is 103 Å². The van der Waals surface area contributed by atoms with Crippen LogP contribution in [0.3, 0.4) is 0 Å². The number of unbranched alkanes of at least 4 members (excludes halogenated alkanes) is 29. The van der Waals surface area contributed by atoms with Gasteiger partial charge >= 0.3 is 17.9 Å². The molecule has 0 aliphatic heterocycles. The van der Waals surface area contributed by atoms with Gasteiger partial charge in [0.15, 0.2) is 6.10 Å². The third-order valence-corrected chi connectivity index (χ3v) is 13.3. The van der Waals surface area contributed by atoms with E-state index in [0.717, 1.165) is 116 Å². The van der Waals surface area contributed by atoms with Crippen LogP contribution in [-0.4, -0.2) is 37.2 Å². The highest BCUT2D eigenvalue weighted by molar-refractivity contribution is 5.71. The van der Waals surface area contributed by atoms with Gasteiger partial charge < -0.3 is 14.2 Å². The largest absolute Gasteiger partial charge is 0.462 e. The fourth-order valence-corrected chi connectivity index (χ4v) is 8.65. The maximum atomic E-state index is 12.9. The Morgan fingerprint density at radius 3 is 0.838 bits per heavy atom. The summed E-state index contributed by atoms with van der Waals surface area (Å²) in [5.41, 5.74) is 0. The average molecular weight is 1030 g/mol. The van der Waals surface area contributed by atoms with Crippen LogP contribution in [0.25, 0.3) is 0 Å². The molecule has 1 atom stereocenters. The number of hydrogen-bond donors (Lipinski definition) is 0. The Morgan fingerprint density at radius 1 is 0.284 bits per heavy atom. The molecule has 0 amide bonds. The Hall–Kier alpha value is -3.67. The lowest BCUT2D eigenvalue weighted by Crippen LogP contribution is -2.30. The van der Waals surface area contributed by atoms with Gasteiger partial charge in [-0.3, -0.25) is 14.4 Å². The summed E-state index contributed by atoms with van der Waals surface area (Å²) >= 11 is 0. The molecule has 0 saturated heterocycles. The van der Waals surface area contributed by atoms with Crippen LogP contribution in [0.2, 0.25) is 0 Å². The first-order valence-corrected chi connectivity index (χ1v) is 31.2. The highest BCUT2D eigenvalue weighted by atomic mass is 16.6.